The van der Waals surface area contributed by atoms with Gasteiger partial charge in [0.15, 0.2) is 5.82 Å². The molecular weight excluding hydrogens is 390 g/mol. The van der Waals surface area contributed by atoms with E-state index in [9.17, 15) is 4.79 Å². The maximum atomic E-state index is 12.1. The van der Waals surface area contributed by atoms with Gasteiger partial charge in [0, 0.05) is 18.4 Å². The molecule has 0 aliphatic heterocycles. The quantitative estimate of drug-likeness (QED) is 0.347. The molecule has 0 radical (unpaired) electrons. The monoisotopic (exact) mass is 413 g/mol. The largest absolute Gasteiger partial charge is 0.291 e. The van der Waals surface area contributed by atoms with Crippen LogP contribution in [0.15, 0.2) is 60.7 Å². The van der Waals surface area contributed by atoms with Crippen molar-refractivity contribution >= 4 is 5.78 Å². The molecule has 0 spiro atoms. The zero-order chi connectivity index (χ0) is 21.6. The van der Waals surface area contributed by atoms with Crippen LogP contribution >= 0.6 is 0 Å². The van der Waals surface area contributed by atoms with Crippen molar-refractivity contribution in [2.45, 2.75) is 33.2 Å². The Labute approximate surface area is 180 Å². The molecule has 31 heavy (non-hydrogen) atoms. The van der Waals surface area contributed by atoms with Gasteiger partial charge in [-0.05, 0) is 34.0 Å². The van der Waals surface area contributed by atoms with E-state index in [-0.39, 0.29) is 11.6 Å². The molecule has 0 saturated heterocycles. The van der Waals surface area contributed by atoms with Gasteiger partial charge >= 0.3 is 0 Å². The van der Waals surface area contributed by atoms with Gasteiger partial charge in [0.2, 0.25) is 11.6 Å². The number of aromatic nitrogens is 7. The third-order valence-corrected chi connectivity index (χ3v) is 4.99. The highest BCUT2D eigenvalue weighted by molar-refractivity contribution is 5.92. The first-order chi connectivity index (χ1) is 15.2. The number of Topliss-reactive ketones (excluding diaryl/α,β-unsaturated/α-hetero) is 1. The Morgan fingerprint density at radius 3 is 2.55 bits per heavy atom. The van der Waals surface area contributed by atoms with Gasteiger partial charge in [-0.2, -0.15) is 0 Å². The second-order valence-corrected chi connectivity index (χ2v) is 7.05. The summed E-state index contributed by atoms with van der Waals surface area (Å²) in [7, 11) is 0. The lowest BCUT2D eigenvalue weighted by Crippen LogP contribution is -2.05. The van der Waals surface area contributed by atoms with Crippen LogP contribution in [0.4, 0.5) is 0 Å². The number of rotatable bonds is 8. The van der Waals surface area contributed by atoms with Crippen molar-refractivity contribution in [3.63, 3.8) is 0 Å². The number of hydrogen-bond acceptors (Lipinski definition) is 6. The number of allylic oxidation sites excluding steroid dienone is 2. The molecule has 0 aliphatic carbocycles. The first kappa shape index (κ1) is 20.3. The molecule has 2 heterocycles. The van der Waals surface area contributed by atoms with Gasteiger partial charge in [-0.25, -0.2) is 14.8 Å². The fraction of sp³-hybridized carbons (Fsp3) is 0.217. The highest BCUT2D eigenvalue weighted by Crippen LogP contribution is 2.29. The van der Waals surface area contributed by atoms with E-state index in [0.29, 0.717) is 25.2 Å². The second-order valence-electron chi connectivity index (χ2n) is 7.05. The van der Waals surface area contributed by atoms with Crippen molar-refractivity contribution < 1.29 is 4.79 Å². The summed E-state index contributed by atoms with van der Waals surface area (Å²) in [4.78, 5) is 16.6. The van der Waals surface area contributed by atoms with Gasteiger partial charge < -0.3 is 0 Å². The molecule has 156 valence electrons. The molecule has 2 aromatic carbocycles. The minimum Gasteiger partial charge on any atom is -0.291 e. The Bertz CT molecular complexity index is 1190. The molecule has 0 unspecified atom stereocenters. The number of H-pyrrole nitrogens is 1. The van der Waals surface area contributed by atoms with E-state index in [4.69, 9.17) is 0 Å². The highest BCUT2D eigenvalue weighted by atomic mass is 16.1. The van der Waals surface area contributed by atoms with Crippen LogP contribution in [0.5, 0.6) is 0 Å². The highest BCUT2D eigenvalue weighted by Gasteiger charge is 2.15. The van der Waals surface area contributed by atoms with Crippen LogP contribution in [0.1, 0.15) is 42.3 Å². The van der Waals surface area contributed by atoms with Crippen molar-refractivity contribution in [2.75, 3.05) is 0 Å². The summed E-state index contributed by atoms with van der Waals surface area (Å²) in [6.45, 7) is 4.37. The Hall–Kier alpha value is -3.94. The summed E-state index contributed by atoms with van der Waals surface area (Å²) in [6.07, 6.45) is 4.94. The average Bonchev–Trinajstić information content (AvgIpc) is 3.48. The summed E-state index contributed by atoms with van der Waals surface area (Å²) in [6, 6.07) is 16.3. The van der Waals surface area contributed by atoms with Crippen LogP contribution in [0, 0.1) is 0 Å². The minimum atomic E-state index is -0.0469. The lowest BCUT2D eigenvalue weighted by Gasteiger charge is -2.08. The van der Waals surface area contributed by atoms with Crippen LogP contribution in [-0.2, 0) is 13.0 Å². The molecule has 0 amide bonds. The van der Waals surface area contributed by atoms with Crippen molar-refractivity contribution in [1.29, 1.82) is 0 Å². The number of carbonyl (C=O) groups excluding carboxylic acids is 1. The van der Waals surface area contributed by atoms with Gasteiger partial charge in [0.25, 0.3) is 0 Å². The fourth-order valence-electron chi connectivity index (χ4n) is 3.33. The molecule has 4 rings (SSSR count). The molecular formula is C23H23N7O. The molecule has 0 aliphatic rings. The van der Waals surface area contributed by atoms with E-state index in [1.807, 2.05) is 50.3 Å². The number of ketones is 1. The molecule has 0 fully saturated rings. The predicted octanol–water partition coefficient (Wildman–Crippen LogP) is 3.88. The van der Waals surface area contributed by atoms with Crippen LogP contribution in [0.2, 0.25) is 0 Å². The Morgan fingerprint density at radius 1 is 1.10 bits per heavy atom. The molecule has 4 aromatic rings. The number of tetrazole rings is 1. The average molecular weight is 413 g/mol. The lowest BCUT2D eigenvalue weighted by molar-refractivity contribution is 0.0978. The zero-order valence-electron chi connectivity index (χ0n) is 17.5. The SMILES string of the molecule is C/C=C/Cn1nc(C(=O)CC)nc1Cc1ccc(-c2ccccc2-c2nnn[nH]2)cc1. The van der Waals surface area contributed by atoms with Gasteiger partial charge in [0.1, 0.15) is 5.82 Å². The fourth-order valence-corrected chi connectivity index (χ4v) is 3.33. The Morgan fingerprint density at radius 2 is 1.87 bits per heavy atom. The van der Waals surface area contributed by atoms with Crippen LogP contribution < -0.4 is 0 Å². The molecule has 8 heteroatoms. The van der Waals surface area contributed by atoms with E-state index in [0.717, 1.165) is 28.1 Å². The van der Waals surface area contributed by atoms with E-state index >= 15 is 0 Å². The molecule has 0 atom stereocenters. The van der Waals surface area contributed by atoms with E-state index in [1.165, 1.54) is 0 Å². The van der Waals surface area contributed by atoms with E-state index in [2.05, 4.69) is 55.0 Å². The topological polar surface area (TPSA) is 102 Å². The number of carbonyl (C=O) groups is 1. The van der Waals surface area contributed by atoms with Crippen LogP contribution in [0.3, 0.4) is 0 Å². The third kappa shape index (κ3) is 4.48. The minimum absolute atomic E-state index is 0.0469. The number of aromatic amines is 1. The summed E-state index contributed by atoms with van der Waals surface area (Å²) < 4.78 is 1.79. The van der Waals surface area contributed by atoms with Crippen LogP contribution in [-0.4, -0.2) is 41.2 Å². The summed E-state index contributed by atoms with van der Waals surface area (Å²) >= 11 is 0. The smallest absolute Gasteiger partial charge is 0.217 e. The molecule has 1 N–H and O–H groups in total. The normalized spacial score (nSPS) is 11.3. The first-order valence-electron chi connectivity index (χ1n) is 10.2. The van der Waals surface area contributed by atoms with Crippen molar-refractivity contribution in [3.8, 4) is 22.5 Å². The third-order valence-electron chi connectivity index (χ3n) is 4.99. The Kier molecular flexibility index (Phi) is 6.07. The van der Waals surface area contributed by atoms with Crippen molar-refractivity contribution in [1.82, 2.24) is 35.4 Å². The maximum absolute atomic E-state index is 12.1. The summed E-state index contributed by atoms with van der Waals surface area (Å²) in [5.41, 5.74) is 4.13. The van der Waals surface area contributed by atoms with Crippen molar-refractivity contribution in [3.05, 3.63) is 77.9 Å². The predicted molar refractivity (Wildman–Crippen MR) is 117 cm³/mol. The van der Waals surface area contributed by atoms with Crippen LogP contribution in [0.25, 0.3) is 22.5 Å². The summed E-state index contributed by atoms with van der Waals surface area (Å²) in [5.74, 6) is 1.64. The standard InChI is InChI=1S/C23H23N7O/c1-3-5-14-30-21(24-23(27-30)20(31)4-2)15-16-10-12-17(13-11-16)18-8-6-7-9-19(18)22-25-28-29-26-22/h3,5-13H,4,14-15H2,1-2H3,(H,25,26,28,29)/b5-3+. The van der Waals surface area contributed by atoms with Gasteiger partial charge in [-0.3, -0.25) is 4.79 Å². The summed E-state index contributed by atoms with van der Waals surface area (Å²) in [5, 5.41) is 18.6. The zero-order valence-corrected chi connectivity index (χ0v) is 17.5. The van der Waals surface area contributed by atoms with Gasteiger partial charge in [-0.1, -0.05) is 67.6 Å². The van der Waals surface area contributed by atoms with Gasteiger partial charge in [0.05, 0.1) is 6.54 Å². The first-order valence-corrected chi connectivity index (χ1v) is 10.2. The number of hydrogen-bond donors (Lipinski definition) is 1. The lowest BCUT2D eigenvalue weighted by atomic mass is 9.98. The molecule has 0 saturated carbocycles. The van der Waals surface area contributed by atoms with Crippen molar-refractivity contribution in [2.24, 2.45) is 0 Å². The second kappa shape index (κ2) is 9.25. The number of benzene rings is 2. The number of nitrogens with zero attached hydrogens (tertiary/aromatic N) is 6. The number of nitrogens with one attached hydrogen (secondary N) is 1. The van der Waals surface area contributed by atoms with Gasteiger partial charge in [-0.15, -0.1) is 10.2 Å². The molecule has 8 nitrogen and oxygen atoms in total. The molecule has 2 aromatic heterocycles. The maximum Gasteiger partial charge on any atom is 0.217 e. The molecule has 0 bridgehead atoms. The van der Waals surface area contributed by atoms with E-state index < -0.39 is 0 Å². The Balaban J connectivity index is 1.61. The van der Waals surface area contributed by atoms with E-state index in [1.54, 1.807) is 4.68 Å².